The van der Waals surface area contributed by atoms with E-state index in [2.05, 4.69) is 15.6 Å². The first kappa shape index (κ1) is 11.4. The topological polar surface area (TPSA) is 68.8 Å². The molecule has 2 rings (SSSR count). The number of aryl methyl sites for hydroxylation is 1. The van der Waals surface area contributed by atoms with E-state index >= 15 is 0 Å². The minimum Gasteiger partial charge on any atom is -0.397 e. The third kappa shape index (κ3) is 2.72. The van der Waals surface area contributed by atoms with Crippen molar-refractivity contribution in [2.75, 3.05) is 17.6 Å². The fraction of sp³-hybridized carbons (Fsp3) is 0.273. The highest BCUT2D eigenvalue weighted by molar-refractivity contribution is 5.67. The average Bonchev–Trinajstić information content (AvgIpc) is 2.78. The molecule has 2 aromatic rings. The Morgan fingerprint density at radius 3 is 3.00 bits per heavy atom. The van der Waals surface area contributed by atoms with Crippen LogP contribution in [0.2, 0.25) is 0 Å². The number of halogens is 1. The van der Waals surface area contributed by atoms with Gasteiger partial charge in [-0.2, -0.15) is 0 Å². The molecule has 1 heterocycles. The quantitative estimate of drug-likeness (QED) is 0.786. The number of hydrogen-bond acceptors (Lipinski definition) is 4. The van der Waals surface area contributed by atoms with E-state index in [1.165, 1.54) is 6.07 Å². The summed E-state index contributed by atoms with van der Waals surface area (Å²) in [5, 5.41) is 10.7. The largest absolute Gasteiger partial charge is 0.397 e. The van der Waals surface area contributed by atoms with E-state index in [9.17, 15) is 4.39 Å². The molecule has 5 nitrogen and oxygen atoms in total. The highest BCUT2D eigenvalue weighted by atomic mass is 19.1. The van der Waals surface area contributed by atoms with E-state index in [4.69, 9.17) is 5.73 Å². The fourth-order valence-corrected chi connectivity index (χ4v) is 1.51. The Hall–Kier alpha value is -2.11. The van der Waals surface area contributed by atoms with Crippen molar-refractivity contribution in [1.82, 2.24) is 15.0 Å². The molecule has 0 bridgehead atoms. The van der Waals surface area contributed by atoms with Crippen LogP contribution < -0.4 is 11.1 Å². The van der Waals surface area contributed by atoms with E-state index in [1.807, 2.05) is 0 Å². The Morgan fingerprint density at radius 2 is 2.29 bits per heavy atom. The second-order valence-corrected chi connectivity index (χ2v) is 3.78. The lowest BCUT2D eigenvalue weighted by Gasteiger charge is -2.10. The maximum atomic E-state index is 13.2. The fourth-order valence-electron chi connectivity index (χ4n) is 1.51. The smallest absolute Gasteiger partial charge is 0.128 e. The molecule has 1 aromatic carbocycles. The van der Waals surface area contributed by atoms with Gasteiger partial charge in [0, 0.05) is 12.7 Å². The predicted octanol–water partition coefficient (Wildman–Crippen LogP) is 1.42. The number of hydrogen-bond donors (Lipinski definition) is 2. The molecule has 0 saturated carbocycles. The maximum Gasteiger partial charge on any atom is 0.128 e. The van der Waals surface area contributed by atoms with E-state index in [-0.39, 0.29) is 5.82 Å². The molecule has 90 valence electrons. The lowest BCUT2D eigenvalue weighted by atomic mass is 10.2. The standard InChI is InChI=1S/C11H14FN5/c1-8-6-11(10(13)7-9(8)12)14-2-4-17-5-3-15-16-17/h3,5-7,14H,2,4,13H2,1H3. The van der Waals surface area contributed by atoms with E-state index < -0.39 is 0 Å². The van der Waals surface area contributed by atoms with Crippen molar-refractivity contribution in [3.63, 3.8) is 0 Å². The van der Waals surface area contributed by atoms with Crippen molar-refractivity contribution in [3.05, 3.63) is 35.9 Å². The van der Waals surface area contributed by atoms with Crippen LogP contribution in [0.4, 0.5) is 15.8 Å². The summed E-state index contributed by atoms with van der Waals surface area (Å²) in [5.41, 5.74) is 7.43. The number of aromatic nitrogens is 3. The normalized spacial score (nSPS) is 10.5. The van der Waals surface area contributed by atoms with Crippen LogP contribution in [0.25, 0.3) is 0 Å². The molecule has 1 aromatic heterocycles. The molecule has 0 spiro atoms. The minimum atomic E-state index is -0.288. The van der Waals surface area contributed by atoms with Gasteiger partial charge in [0.1, 0.15) is 5.82 Å². The van der Waals surface area contributed by atoms with E-state index in [0.29, 0.717) is 24.3 Å². The van der Waals surface area contributed by atoms with Crippen LogP contribution in [-0.2, 0) is 6.54 Å². The molecule has 0 aliphatic heterocycles. The SMILES string of the molecule is Cc1cc(NCCn2ccnn2)c(N)cc1F. The number of benzene rings is 1. The summed E-state index contributed by atoms with van der Waals surface area (Å²) < 4.78 is 14.9. The monoisotopic (exact) mass is 235 g/mol. The van der Waals surface area contributed by atoms with Crippen LogP contribution >= 0.6 is 0 Å². The van der Waals surface area contributed by atoms with Crippen molar-refractivity contribution in [2.45, 2.75) is 13.5 Å². The summed E-state index contributed by atoms with van der Waals surface area (Å²) in [4.78, 5) is 0. The van der Waals surface area contributed by atoms with Crippen LogP contribution in [0, 0.1) is 12.7 Å². The molecule has 0 radical (unpaired) electrons. The Morgan fingerprint density at radius 1 is 1.47 bits per heavy atom. The van der Waals surface area contributed by atoms with Gasteiger partial charge >= 0.3 is 0 Å². The molecule has 3 N–H and O–H groups in total. The summed E-state index contributed by atoms with van der Waals surface area (Å²) in [5.74, 6) is -0.288. The van der Waals surface area contributed by atoms with Gasteiger partial charge in [-0.1, -0.05) is 5.21 Å². The summed E-state index contributed by atoms with van der Waals surface area (Å²) in [6.07, 6.45) is 3.40. The van der Waals surface area contributed by atoms with Gasteiger partial charge in [0.2, 0.25) is 0 Å². The molecular weight excluding hydrogens is 221 g/mol. The van der Waals surface area contributed by atoms with Crippen LogP contribution in [0.5, 0.6) is 0 Å². The Balaban J connectivity index is 1.97. The third-order valence-corrected chi connectivity index (χ3v) is 2.46. The van der Waals surface area contributed by atoms with Gasteiger partial charge in [-0.15, -0.1) is 5.10 Å². The average molecular weight is 235 g/mol. The van der Waals surface area contributed by atoms with Crippen molar-refractivity contribution >= 4 is 11.4 Å². The lowest BCUT2D eigenvalue weighted by Crippen LogP contribution is -2.12. The minimum absolute atomic E-state index is 0.288. The van der Waals surface area contributed by atoms with Gasteiger partial charge in [0.15, 0.2) is 0 Å². The number of anilines is 2. The second-order valence-electron chi connectivity index (χ2n) is 3.78. The summed E-state index contributed by atoms with van der Waals surface area (Å²) >= 11 is 0. The van der Waals surface area contributed by atoms with E-state index in [0.717, 1.165) is 5.69 Å². The molecule has 0 aliphatic carbocycles. The van der Waals surface area contributed by atoms with Crippen molar-refractivity contribution in [1.29, 1.82) is 0 Å². The van der Waals surface area contributed by atoms with Crippen LogP contribution in [-0.4, -0.2) is 21.5 Å². The van der Waals surface area contributed by atoms with Gasteiger partial charge in [0.05, 0.1) is 24.1 Å². The van der Waals surface area contributed by atoms with Gasteiger partial charge in [-0.25, -0.2) is 4.39 Å². The Labute approximate surface area is 98.4 Å². The first-order valence-corrected chi connectivity index (χ1v) is 5.30. The summed E-state index contributed by atoms with van der Waals surface area (Å²) in [7, 11) is 0. The van der Waals surface area contributed by atoms with Crippen molar-refractivity contribution in [2.24, 2.45) is 0 Å². The highest BCUT2D eigenvalue weighted by Gasteiger charge is 2.04. The molecule has 0 unspecified atom stereocenters. The maximum absolute atomic E-state index is 13.2. The van der Waals surface area contributed by atoms with Gasteiger partial charge in [-0.3, -0.25) is 4.68 Å². The number of rotatable bonds is 4. The number of nitrogens with zero attached hydrogens (tertiary/aromatic N) is 3. The molecule has 17 heavy (non-hydrogen) atoms. The number of nitrogens with two attached hydrogens (primary N) is 1. The predicted molar refractivity (Wildman–Crippen MR) is 64.1 cm³/mol. The Kier molecular flexibility index (Phi) is 3.22. The van der Waals surface area contributed by atoms with Crippen molar-refractivity contribution in [3.8, 4) is 0 Å². The van der Waals surface area contributed by atoms with Gasteiger partial charge in [0.25, 0.3) is 0 Å². The molecule has 0 atom stereocenters. The first-order chi connectivity index (χ1) is 8.16. The van der Waals surface area contributed by atoms with E-state index in [1.54, 1.807) is 30.1 Å². The summed E-state index contributed by atoms with van der Waals surface area (Å²) in [6, 6.07) is 3.03. The molecule has 0 amide bonds. The molecule has 0 aliphatic rings. The zero-order chi connectivity index (χ0) is 12.3. The first-order valence-electron chi connectivity index (χ1n) is 5.30. The highest BCUT2D eigenvalue weighted by Crippen LogP contribution is 2.22. The second kappa shape index (κ2) is 4.82. The lowest BCUT2D eigenvalue weighted by molar-refractivity contribution is 0.608. The van der Waals surface area contributed by atoms with Gasteiger partial charge < -0.3 is 11.1 Å². The molecule has 6 heteroatoms. The van der Waals surface area contributed by atoms with Crippen molar-refractivity contribution < 1.29 is 4.39 Å². The molecule has 0 fully saturated rings. The zero-order valence-electron chi connectivity index (χ0n) is 9.52. The van der Waals surface area contributed by atoms with Crippen LogP contribution in [0.3, 0.4) is 0 Å². The molecule has 0 saturated heterocycles. The number of nitrogens with one attached hydrogen (secondary N) is 1. The Bertz CT molecular complexity index is 495. The summed E-state index contributed by atoms with van der Waals surface area (Å²) in [6.45, 7) is 3.03. The molecular formula is C11H14FN5. The van der Waals surface area contributed by atoms with Crippen LogP contribution in [0.15, 0.2) is 24.5 Å². The van der Waals surface area contributed by atoms with Crippen LogP contribution in [0.1, 0.15) is 5.56 Å². The zero-order valence-corrected chi connectivity index (χ0v) is 9.52. The third-order valence-electron chi connectivity index (χ3n) is 2.46. The number of nitrogen functional groups attached to an aromatic ring is 1. The van der Waals surface area contributed by atoms with Gasteiger partial charge in [-0.05, 0) is 24.6 Å².